The maximum absolute atomic E-state index is 11.9. The van der Waals surface area contributed by atoms with Crippen LogP contribution in [0.2, 0.25) is 0 Å². The van der Waals surface area contributed by atoms with Crippen LogP contribution in [0.1, 0.15) is 16.8 Å². The highest BCUT2D eigenvalue weighted by atomic mass is 35.5. The Kier molecular flexibility index (Phi) is 3.59. The van der Waals surface area contributed by atoms with Gasteiger partial charge in [0.2, 0.25) is 0 Å². The molecule has 1 aliphatic rings. The number of halogens is 2. The monoisotopic (exact) mass is 285 g/mol. The van der Waals surface area contributed by atoms with E-state index in [1.807, 2.05) is 0 Å². The highest BCUT2D eigenvalue weighted by molar-refractivity contribution is 6.48. The molecule has 1 aliphatic heterocycles. The summed E-state index contributed by atoms with van der Waals surface area (Å²) in [6.07, 6.45) is -0.856. The van der Waals surface area contributed by atoms with Crippen molar-refractivity contribution < 1.29 is 14.3 Å². The average Bonchev–Trinajstić information content (AvgIpc) is 2.57. The second kappa shape index (κ2) is 5.00. The van der Waals surface area contributed by atoms with Gasteiger partial charge in [0, 0.05) is 11.3 Å². The van der Waals surface area contributed by atoms with E-state index in [0.717, 1.165) is 0 Å². The molecule has 2 rings (SSSR count). The number of ketones is 1. The van der Waals surface area contributed by atoms with Crippen molar-refractivity contribution >= 4 is 40.6 Å². The minimum absolute atomic E-state index is 0.0513. The van der Waals surface area contributed by atoms with Crippen LogP contribution in [0.4, 0.5) is 5.69 Å². The molecule has 0 saturated heterocycles. The molecule has 2 N–H and O–H groups in total. The number of hydrogen-bond donors (Lipinski definition) is 1. The van der Waals surface area contributed by atoms with Crippen LogP contribution in [0.25, 0.3) is 0 Å². The molecule has 1 aromatic carbocycles. The highest BCUT2D eigenvalue weighted by Gasteiger charge is 2.33. The van der Waals surface area contributed by atoms with Crippen LogP contribution in [0.5, 0.6) is 0 Å². The Bertz CT molecular complexity index is 554. The van der Waals surface area contributed by atoms with Crippen molar-refractivity contribution in [2.45, 2.75) is 12.5 Å². The first kappa shape index (κ1) is 12.9. The van der Waals surface area contributed by atoms with E-state index in [4.69, 9.17) is 33.7 Å². The summed E-state index contributed by atoms with van der Waals surface area (Å²) in [6, 6.07) is 6.54. The van der Waals surface area contributed by atoms with Gasteiger partial charge < -0.3 is 10.5 Å². The molecule has 0 radical (unpaired) electrons. The third-order valence-electron chi connectivity index (χ3n) is 2.50. The number of Topliss-reactive ketones (excluding diaryl/α,β-unsaturated/α-hetero) is 1. The molecule has 0 saturated carbocycles. The van der Waals surface area contributed by atoms with E-state index < -0.39 is 12.1 Å². The maximum Gasteiger partial charge on any atom is 0.351 e. The largest absolute Gasteiger partial charge is 0.452 e. The van der Waals surface area contributed by atoms with Gasteiger partial charge in [-0.1, -0.05) is 35.3 Å². The Hall–Kier alpha value is -1.52. The molecule has 0 bridgehead atoms. The second-order valence-electron chi connectivity index (χ2n) is 3.81. The number of esters is 1. The molecule has 6 heteroatoms. The normalized spacial score (nSPS) is 19.0. The third-order valence-corrected chi connectivity index (χ3v) is 3.39. The molecule has 0 fully saturated rings. The molecule has 0 amide bonds. The Morgan fingerprint density at radius 2 is 2.11 bits per heavy atom. The fourth-order valence-electron chi connectivity index (χ4n) is 1.60. The van der Waals surface area contributed by atoms with Crippen LogP contribution < -0.4 is 5.73 Å². The van der Waals surface area contributed by atoms with Crippen molar-refractivity contribution in [2.75, 3.05) is 5.73 Å². The molecule has 4 nitrogen and oxygen atoms in total. The lowest BCUT2D eigenvalue weighted by Crippen LogP contribution is -2.15. The summed E-state index contributed by atoms with van der Waals surface area (Å²) in [5.41, 5.74) is 6.51. The van der Waals surface area contributed by atoms with E-state index in [9.17, 15) is 9.59 Å². The average molecular weight is 286 g/mol. The lowest BCUT2D eigenvalue weighted by molar-refractivity contribution is -0.138. The number of nitrogens with two attached hydrogens (primary N) is 1. The molecule has 1 atom stereocenters. The minimum Gasteiger partial charge on any atom is -0.452 e. The molecule has 0 aliphatic carbocycles. The summed E-state index contributed by atoms with van der Waals surface area (Å²) in [7, 11) is 0. The first-order valence-corrected chi connectivity index (χ1v) is 5.89. The van der Waals surface area contributed by atoms with Crippen molar-refractivity contribution in [1.29, 1.82) is 0 Å². The summed E-state index contributed by atoms with van der Waals surface area (Å²) in [4.78, 5) is 23.1. The molecule has 18 heavy (non-hydrogen) atoms. The summed E-state index contributed by atoms with van der Waals surface area (Å²) in [6.45, 7) is 0. The van der Waals surface area contributed by atoms with Gasteiger partial charge in [-0.15, -0.1) is 0 Å². The van der Waals surface area contributed by atoms with E-state index in [1.54, 1.807) is 24.3 Å². The van der Waals surface area contributed by atoms with Crippen molar-refractivity contribution in [3.63, 3.8) is 0 Å². The van der Waals surface area contributed by atoms with Crippen LogP contribution in [0.3, 0.4) is 0 Å². The van der Waals surface area contributed by atoms with E-state index in [2.05, 4.69) is 0 Å². The quantitative estimate of drug-likeness (QED) is 0.526. The van der Waals surface area contributed by atoms with Crippen molar-refractivity contribution in [2.24, 2.45) is 0 Å². The summed E-state index contributed by atoms with van der Waals surface area (Å²) in [5.74, 6) is -0.920. The Labute approximate surface area is 113 Å². The number of hydrogen-bond acceptors (Lipinski definition) is 4. The number of nitrogen functional groups attached to an aromatic ring is 1. The number of benzene rings is 1. The molecule has 0 aromatic heterocycles. The van der Waals surface area contributed by atoms with Crippen molar-refractivity contribution in [3.05, 3.63) is 39.9 Å². The second-order valence-corrected chi connectivity index (χ2v) is 4.59. The number of rotatable bonds is 3. The Morgan fingerprint density at radius 3 is 2.67 bits per heavy atom. The van der Waals surface area contributed by atoms with Gasteiger partial charge in [0.25, 0.3) is 0 Å². The lowest BCUT2D eigenvalue weighted by atomic mass is 10.0. The molecule has 0 spiro atoms. The Morgan fingerprint density at radius 1 is 1.39 bits per heavy atom. The number of ether oxygens (including phenoxy) is 1. The SMILES string of the molecule is Nc1cccc(C(=O)C[C@H]2OC(=O)C(Cl)=C2Cl)c1. The van der Waals surface area contributed by atoms with Crippen LogP contribution in [0, 0.1) is 0 Å². The topological polar surface area (TPSA) is 69.4 Å². The highest BCUT2D eigenvalue weighted by Crippen LogP contribution is 2.31. The summed E-state index contributed by atoms with van der Waals surface area (Å²) < 4.78 is 4.88. The predicted molar refractivity (Wildman–Crippen MR) is 68.4 cm³/mol. The Balaban J connectivity index is 2.12. The third kappa shape index (κ3) is 2.49. The van der Waals surface area contributed by atoms with Gasteiger partial charge >= 0.3 is 5.97 Å². The lowest BCUT2D eigenvalue weighted by Gasteiger charge is -2.09. The van der Waals surface area contributed by atoms with Gasteiger partial charge in [-0.3, -0.25) is 4.79 Å². The van der Waals surface area contributed by atoms with E-state index in [0.29, 0.717) is 11.3 Å². The van der Waals surface area contributed by atoms with Crippen molar-refractivity contribution in [3.8, 4) is 0 Å². The van der Waals surface area contributed by atoms with E-state index in [1.165, 1.54) is 0 Å². The van der Waals surface area contributed by atoms with Gasteiger partial charge in [0.1, 0.15) is 11.1 Å². The minimum atomic E-state index is -0.805. The number of carbonyl (C=O) groups excluding carboxylic acids is 2. The first-order chi connectivity index (χ1) is 8.49. The maximum atomic E-state index is 11.9. The van der Waals surface area contributed by atoms with Gasteiger partial charge in [0.15, 0.2) is 5.78 Å². The zero-order chi connectivity index (χ0) is 13.3. The molecule has 1 heterocycles. The van der Waals surface area contributed by atoms with E-state index >= 15 is 0 Å². The van der Waals surface area contributed by atoms with E-state index in [-0.39, 0.29) is 22.3 Å². The summed E-state index contributed by atoms with van der Waals surface area (Å²) >= 11 is 11.4. The van der Waals surface area contributed by atoms with Gasteiger partial charge in [-0.05, 0) is 12.1 Å². The fraction of sp³-hybridized carbons (Fsp3) is 0.167. The molecule has 94 valence electrons. The van der Waals surface area contributed by atoms with Gasteiger partial charge in [-0.25, -0.2) is 4.79 Å². The van der Waals surface area contributed by atoms with Gasteiger partial charge in [-0.2, -0.15) is 0 Å². The fourth-order valence-corrected chi connectivity index (χ4v) is 1.97. The zero-order valence-corrected chi connectivity index (χ0v) is 10.7. The molecule has 1 aromatic rings. The first-order valence-electron chi connectivity index (χ1n) is 5.14. The zero-order valence-electron chi connectivity index (χ0n) is 9.15. The van der Waals surface area contributed by atoms with Crippen LogP contribution in [-0.2, 0) is 9.53 Å². The van der Waals surface area contributed by atoms with Crippen LogP contribution in [0.15, 0.2) is 34.3 Å². The number of anilines is 1. The molecule has 0 unspecified atom stereocenters. The smallest absolute Gasteiger partial charge is 0.351 e. The molecular weight excluding hydrogens is 277 g/mol. The van der Waals surface area contributed by atoms with Crippen molar-refractivity contribution in [1.82, 2.24) is 0 Å². The summed E-state index contributed by atoms with van der Waals surface area (Å²) in [5, 5.41) is -0.0963. The number of carbonyl (C=O) groups is 2. The standard InChI is InChI=1S/C12H9Cl2NO3/c13-10-9(18-12(17)11(10)14)5-8(16)6-2-1-3-7(15)4-6/h1-4,9H,5,15H2/t9-/m1/s1. The number of cyclic esters (lactones) is 1. The predicted octanol–water partition coefficient (Wildman–Crippen LogP) is 2.46. The van der Waals surface area contributed by atoms with Gasteiger partial charge in [0.05, 0.1) is 11.5 Å². The van der Waals surface area contributed by atoms with Crippen LogP contribution >= 0.6 is 23.2 Å². The molecular formula is C12H9Cl2NO3. The van der Waals surface area contributed by atoms with Crippen LogP contribution in [-0.4, -0.2) is 17.9 Å².